The lowest BCUT2D eigenvalue weighted by molar-refractivity contribution is 0.236. The highest BCUT2D eigenvalue weighted by Crippen LogP contribution is 2.35. The summed E-state index contributed by atoms with van der Waals surface area (Å²) < 4.78 is 10.4. The number of hydrogen-bond acceptors (Lipinski definition) is 4. The van der Waals surface area contributed by atoms with Crippen LogP contribution in [0.15, 0.2) is 12.1 Å². The number of aliphatic hydroxyl groups is 1. The number of nitrogens with zero attached hydrogens (tertiary/aromatic N) is 1. The minimum Gasteiger partial charge on any atom is -0.493 e. The predicted octanol–water partition coefficient (Wildman–Crippen LogP) is 2.13. The molecule has 16 heavy (non-hydrogen) atoms. The van der Waals surface area contributed by atoms with Gasteiger partial charge in [0.1, 0.15) is 6.07 Å². The molecular weight excluding hydrogens is 230 g/mol. The fraction of sp³-hybridized carbons (Fsp3) is 0.364. The van der Waals surface area contributed by atoms with Gasteiger partial charge >= 0.3 is 0 Å². The Morgan fingerprint density at radius 1 is 1.56 bits per heavy atom. The van der Waals surface area contributed by atoms with Gasteiger partial charge in [-0.05, 0) is 13.0 Å². The molecule has 0 saturated carbocycles. The first-order valence-corrected chi connectivity index (χ1v) is 5.03. The molecule has 5 heteroatoms. The second-order valence-corrected chi connectivity index (χ2v) is 3.58. The van der Waals surface area contributed by atoms with Crippen molar-refractivity contribution in [1.82, 2.24) is 0 Å². The highest BCUT2D eigenvalue weighted by Gasteiger charge is 2.14. The molecule has 0 aliphatic rings. The van der Waals surface area contributed by atoms with Crippen LogP contribution in [0.2, 0.25) is 5.02 Å². The summed E-state index contributed by atoms with van der Waals surface area (Å²) >= 11 is 5.84. The van der Waals surface area contributed by atoms with Crippen LogP contribution in [0, 0.1) is 11.3 Å². The van der Waals surface area contributed by atoms with Gasteiger partial charge in [0.15, 0.2) is 17.6 Å². The number of methoxy groups -OCH3 is 1. The van der Waals surface area contributed by atoms with Crippen molar-refractivity contribution < 1.29 is 14.6 Å². The van der Waals surface area contributed by atoms with E-state index in [4.69, 9.17) is 26.3 Å². The van der Waals surface area contributed by atoms with Crippen molar-refractivity contribution in [3.05, 3.63) is 22.7 Å². The topological polar surface area (TPSA) is 62.5 Å². The fourth-order valence-corrected chi connectivity index (χ4v) is 1.46. The predicted molar refractivity (Wildman–Crippen MR) is 59.6 cm³/mol. The van der Waals surface area contributed by atoms with Crippen LogP contribution >= 0.6 is 11.6 Å². The van der Waals surface area contributed by atoms with Crippen molar-refractivity contribution in [1.29, 1.82) is 5.26 Å². The van der Waals surface area contributed by atoms with E-state index < -0.39 is 6.10 Å². The van der Waals surface area contributed by atoms with Crippen molar-refractivity contribution in [2.45, 2.75) is 19.6 Å². The Balaban J connectivity index is 3.17. The lowest BCUT2D eigenvalue weighted by Gasteiger charge is -2.15. The zero-order valence-electron chi connectivity index (χ0n) is 9.03. The van der Waals surface area contributed by atoms with Crippen molar-refractivity contribution in [3.63, 3.8) is 0 Å². The molecule has 1 unspecified atom stereocenters. The maximum absolute atomic E-state index is 9.17. The number of benzene rings is 1. The van der Waals surface area contributed by atoms with Crippen molar-refractivity contribution in [2.24, 2.45) is 0 Å². The summed E-state index contributed by atoms with van der Waals surface area (Å²) in [5, 5.41) is 18.3. The largest absolute Gasteiger partial charge is 0.493 e. The number of nitriles is 1. The Morgan fingerprint density at radius 3 is 2.75 bits per heavy atom. The molecule has 0 aliphatic carbocycles. The van der Waals surface area contributed by atoms with E-state index in [1.165, 1.54) is 7.11 Å². The third-order valence-electron chi connectivity index (χ3n) is 1.96. The van der Waals surface area contributed by atoms with Crippen molar-refractivity contribution >= 4 is 11.6 Å². The highest BCUT2D eigenvalue weighted by molar-refractivity contribution is 6.30. The van der Waals surface area contributed by atoms with Crippen LogP contribution in [-0.4, -0.2) is 18.3 Å². The molecule has 0 bridgehead atoms. The first-order chi connectivity index (χ1) is 7.62. The highest BCUT2D eigenvalue weighted by atomic mass is 35.5. The third-order valence-corrected chi connectivity index (χ3v) is 2.18. The number of rotatable bonds is 4. The van der Waals surface area contributed by atoms with Crippen molar-refractivity contribution in [3.8, 4) is 17.6 Å². The summed E-state index contributed by atoms with van der Waals surface area (Å²) in [5.74, 6) is 0.752. The SMILES string of the molecule is COc1cc(Cl)cc(CO)c1OC(C)C#N. The Kier molecular flexibility index (Phi) is 4.41. The molecule has 0 saturated heterocycles. The van der Waals surface area contributed by atoms with E-state index in [1.807, 2.05) is 6.07 Å². The van der Waals surface area contributed by atoms with Gasteiger partial charge in [-0.2, -0.15) is 5.26 Å². The zero-order valence-corrected chi connectivity index (χ0v) is 9.78. The van der Waals surface area contributed by atoms with E-state index in [0.717, 1.165) is 0 Å². The normalized spacial score (nSPS) is 11.7. The van der Waals surface area contributed by atoms with E-state index >= 15 is 0 Å². The molecule has 1 N–H and O–H groups in total. The maximum Gasteiger partial charge on any atom is 0.181 e. The minimum absolute atomic E-state index is 0.232. The number of hydrogen-bond donors (Lipinski definition) is 1. The van der Waals surface area contributed by atoms with Gasteiger partial charge in [0.05, 0.1) is 13.7 Å². The van der Waals surface area contributed by atoms with Gasteiger partial charge in [0.25, 0.3) is 0 Å². The number of halogens is 1. The van der Waals surface area contributed by atoms with Gasteiger partial charge < -0.3 is 14.6 Å². The van der Waals surface area contributed by atoms with Gasteiger partial charge in [0.2, 0.25) is 0 Å². The van der Waals surface area contributed by atoms with E-state index in [1.54, 1.807) is 19.1 Å². The molecule has 1 aromatic rings. The van der Waals surface area contributed by atoms with Crippen LogP contribution in [0.25, 0.3) is 0 Å². The molecule has 0 radical (unpaired) electrons. The van der Waals surface area contributed by atoms with E-state index in [-0.39, 0.29) is 6.61 Å². The van der Waals surface area contributed by atoms with E-state index in [2.05, 4.69) is 0 Å². The molecule has 0 amide bonds. The standard InChI is InChI=1S/C11H12ClNO3/c1-7(5-13)16-11-8(6-14)3-9(12)4-10(11)15-2/h3-4,7,14H,6H2,1-2H3. The molecule has 0 aromatic heterocycles. The fourth-order valence-electron chi connectivity index (χ4n) is 1.23. The minimum atomic E-state index is -0.625. The lowest BCUT2D eigenvalue weighted by Crippen LogP contribution is -2.11. The lowest BCUT2D eigenvalue weighted by atomic mass is 10.2. The molecule has 1 rings (SSSR count). The Labute approximate surface area is 99.0 Å². The van der Waals surface area contributed by atoms with Crippen LogP contribution in [0.4, 0.5) is 0 Å². The van der Waals surface area contributed by atoms with Crippen LogP contribution in [0.5, 0.6) is 11.5 Å². The van der Waals surface area contributed by atoms with Gasteiger partial charge in [-0.3, -0.25) is 0 Å². The molecular formula is C11H12ClNO3. The summed E-state index contributed by atoms with van der Waals surface area (Å²) in [6.45, 7) is 1.37. The monoisotopic (exact) mass is 241 g/mol. The zero-order chi connectivity index (χ0) is 12.1. The first-order valence-electron chi connectivity index (χ1n) is 4.66. The molecule has 86 valence electrons. The molecule has 0 fully saturated rings. The quantitative estimate of drug-likeness (QED) is 0.877. The van der Waals surface area contributed by atoms with Crippen LogP contribution in [0.3, 0.4) is 0 Å². The average molecular weight is 242 g/mol. The van der Waals surface area contributed by atoms with Gasteiger partial charge in [-0.1, -0.05) is 11.6 Å². The average Bonchev–Trinajstić information content (AvgIpc) is 2.30. The third kappa shape index (κ3) is 2.78. The smallest absolute Gasteiger partial charge is 0.181 e. The van der Waals surface area contributed by atoms with Crippen LogP contribution in [-0.2, 0) is 6.61 Å². The molecule has 0 heterocycles. The summed E-state index contributed by atoms with van der Waals surface area (Å²) in [6, 6.07) is 5.08. The van der Waals surface area contributed by atoms with E-state index in [0.29, 0.717) is 22.1 Å². The Bertz CT molecular complexity index is 389. The summed E-state index contributed by atoms with van der Waals surface area (Å²) in [5.41, 5.74) is 0.492. The van der Waals surface area contributed by atoms with Gasteiger partial charge in [0, 0.05) is 16.7 Å². The van der Waals surface area contributed by atoms with Crippen LogP contribution in [0.1, 0.15) is 12.5 Å². The Hall–Kier alpha value is -1.44. The number of aliphatic hydroxyl groups excluding tert-OH is 1. The first kappa shape index (κ1) is 12.6. The van der Waals surface area contributed by atoms with Gasteiger partial charge in [-0.25, -0.2) is 0 Å². The van der Waals surface area contributed by atoms with E-state index in [9.17, 15) is 5.11 Å². The van der Waals surface area contributed by atoms with Gasteiger partial charge in [-0.15, -0.1) is 0 Å². The Morgan fingerprint density at radius 2 is 2.25 bits per heavy atom. The maximum atomic E-state index is 9.17. The summed E-state index contributed by atoms with van der Waals surface area (Å²) in [4.78, 5) is 0. The second-order valence-electron chi connectivity index (χ2n) is 3.14. The summed E-state index contributed by atoms with van der Waals surface area (Å²) in [7, 11) is 1.47. The molecule has 1 atom stereocenters. The molecule has 4 nitrogen and oxygen atoms in total. The van der Waals surface area contributed by atoms with Crippen LogP contribution < -0.4 is 9.47 Å². The number of ether oxygens (including phenoxy) is 2. The molecule has 1 aromatic carbocycles. The second kappa shape index (κ2) is 5.59. The summed E-state index contributed by atoms with van der Waals surface area (Å²) in [6.07, 6.45) is -0.625. The molecule has 0 spiro atoms. The molecule has 0 aliphatic heterocycles. The van der Waals surface area contributed by atoms with Crippen molar-refractivity contribution in [2.75, 3.05) is 7.11 Å².